The molecule has 1 fully saturated rings. The lowest BCUT2D eigenvalue weighted by Crippen LogP contribution is -2.42. The number of hydrogen-bond donors (Lipinski definition) is 1. The summed E-state index contributed by atoms with van der Waals surface area (Å²) in [6.45, 7) is 7.58. The molecule has 0 saturated heterocycles. The zero-order valence-corrected chi connectivity index (χ0v) is 12.4. The van der Waals surface area contributed by atoms with Crippen LogP contribution in [0.4, 0.5) is 0 Å². The third-order valence-electron chi connectivity index (χ3n) is 4.09. The van der Waals surface area contributed by atoms with Crippen molar-refractivity contribution < 1.29 is 0 Å². The maximum atomic E-state index is 9.12. The maximum Gasteiger partial charge on any atom is 0.0967 e. The van der Waals surface area contributed by atoms with Gasteiger partial charge in [0.15, 0.2) is 0 Å². The molecule has 0 amide bonds. The first kappa shape index (κ1) is 15.5. The van der Waals surface area contributed by atoms with Gasteiger partial charge in [-0.15, -0.1) is 0 Å². The van der Waals surface area contributed by atoms with Crippen LogP contribution in [0.25, 0.3) is 0 Å². The molecule has 0 heterocycles. The normalized spacial score (nSPS) is 26.3. The maximum absolute atomic E-state index is 9.12. The van der Waals surface area contributed by atoms with E-state index in [1.54, 1.807) is 0 Å². The molecule has 1 saturated carbocycles. The first-order chi connectivity index (χ1) is 8.54. The van der Waals surface area contributed by atoms with Crippen LogP contribution in [-0.4, -0.2) is 36.6 Å². The van der Waals surface area contributed by atoms with Gasteiger partial charge in [0.25, 0.3) is 0 Å². The number of hydrogen-bond acceptors (Lipinski definition) is 3. The van der Waals surface area contributed by atoms with Crippen molar-refractivity contribution >= 4 is 0 Å². The Balaban J connectivity index is 2.35. The van der Waals surface area contributed by atoms with Gasteiger partial charge in [-0.2, -0.15) is 5.26 Å². The van der Waals surface area contributed by atoms with E-state index in [1.165, 1.54) is 25.7 Å². The number of nitrogens with zero attached hydrogens (tertiary/aromatic N) is 2. The zero-order valence-electron chi connectivity index (χ0n) is 12.4. The summed E-state index contributed by atoms with van der Waals surface area (Å²) in [6.07, 6.45) is 6.37. The summed E-state index contributed by atoms with van der Waals surface area (Å²) in [5, 5.41) is 12.4. The lowest BCUT2D eigenvalue weighted by Gasteiger charge is -2.36. The fraction of sp³-hybridized carbons (Fsp3) is 0.933. The minimum atomic E-state index is -0.00801. The van der Waals surface area contributed by atoms with E-state index < -0.39 is 0 Å². The third kappa shape index (κ3) is 4.96. The third-order valence-corrected chi connectivity index (χ3v) is 4.09. The summed E-state index contributed by atoms with van der Waals surface area (Å²) in [7, 11) is 2.22. The van der Waals surface area contributed by atoms with Crippen LogP contribution in [-0.2, 0) is 0 Å². The van der Waals surface area contributed by atoms with E-state index in [-0.39, 0.29) is 6.04 Å². The van der Waals surface area contributed by atoms with Crippen LogP contribution < -0.4 is 5.32 Å². The van der Waals surface area contributed by atoms with Crippen molar-refractivity contribution in [2.24, 2.45) is 5.92 Å². The Morgan fingerprint density at radius 1 is 1.33 bits per heavy atom. The molecule has 1 N–H and O–H groups in total. The van der Waals surface area contributed by atoms with Crippen molar-refractivity contribution in [3.05, 3.63) is 0 Å². The molecule has 3 nitrogen and oxygen atoms in total. The van der Waals surface area contributed by atoms with Crippen molar-refractivity contribution in [3.8, 4) is 6.07 Å². The zero-order chi connectivity index (χ0) is 13.5. The van der Waals surface area contributed by atoms with E-state index in [2.05, 4.69) is 44.1 Å². The monoisotopic (exact) mass is 251 g/mol. The highest BCUT2D eigenvalue weighted by molar-refractivity contribution is 4.91. The largest absolute Gasteiger partial charge is 0.303 e. The molecule has 3 heteroatoms. The van der Waals surface area contributed by atoms with Gasteiger partial charge in [0.1, 0.15) is 0 Å². The molecular formula is C15H29N3. The van der Waals surface area contributed by atoms with Crippen LogP contribution in [0.5, 0.6) is 0 Å². The molecule has 18 heavy (non-hydrogen) atoms. The van der Waals surface area contributed by atoms with E-state index in [0.29, 0.717) is 6.04 Å². The van der Waals surface area contributed by atoms with Gasteiger partial charge in [-0.05, 0) is 46.1 Å². The number of rotatable bonds is 6. The highest BCUT2D eigenvalue weighted by Crippen LogP contribution is 2.27. The van der Waals surface area contributed by atoms with Crippen LogP contribution in [0.2, 0.25) is 0 Å². The number of nitrogens with one attached hydrogen (secondary N) is 1. The van der Waals surface area contributed by atoms with Gasteiger partial charge in [-0.25, -0.2) is 0 Å². The van der Waals surface area contributed by atoms with Gasteiger partial charge in [0.05, 0.1) is 12.1 Å². The first-order valence-electron chi connectivity index (χ1n) is 7.40. The summed E-state index contributed by atoms with van der Waals surface area (Å²) in [4.78, 5) is 2.47. The summed E-state index contributed by atoms with van der Waals surface area (Å²) < 4.78 is 0. The second kappa shape index (κ2) is 7.76. The quantitative estimate of drug-likeness (QED) is 0.789. The Bertz CT molecular complexity index is 269. The van der Waals surface area contributed by atoms with E-state index in [0.717, 1.165) is 24.9 Å². The van der Waals surface area contributed by atoms with Gasteiger partial charge < -0.3 is 4.90 Å². The molecule has 0 bridgehead atoms. The molecule has 0 spiro atoms. The highest BCUT2D eigenvalue weighted by atomic mass is 15.1. The lowest BCUT2D eigenvalue weighted by atomic mass is 9.85. The van der Waals surface area contributed by atoms with E-state index in [9.17, 15) is 0 Å². The smallest absolute Gasteiger partial charge is 0.0967 e. The molecule has 1 aliphatic carbocycles. The van der Waals surface area contributed by atoms with Gasteiger partial charge in [-0.1, -0.05) is 19.8 Å². The molecule has 0 aliphatic heterocycles. The second-order valence-corrected chi connectivity index (χ2v) is 6.10. The Hall–Kier alpha value is -0.590. The highest BCUT2D eigenvalue weighted by Gasteiger charge is 2.25. The minimum Gasteiger partial charge on any atom is -0.303 e. The summed E-state index contributed by atoms with van der Waals surface area (Å²) in [5.41, 5.74) is 0. The van der Waals surface area contributed by atoms with Crippen LogP contribution >= 0.6 is 0 Å². The lowest BCUT2D eigenvalue weighted by molar-refractivity contribution is 0.136. The molecule has 1 rings (SSSR count). The van der Waals surface area contributed by atoms with Crippen LogP contribution in [0, 0.1) is 17.2 Å². The topological polar surface area (TPSA) is 39.1 Å². The van der Waals surface area contributed by atoms with Crippen LogP contribution in [0.15, 0.2) is 0 Å². The molecule has 104 valence electrons. The Morgan fingerprint density at radius 2 is 2.00 bits per heavy atom. The average molecular weight is 251 g/mol. The molecule has 3 atom stereocenters. The first-order valence-corrected chi connectivity index (χ1v) is 7.40. The molecule has 3 unspecified atom stereocenters. The van der Waals surface area contributed by atoms with Gasteiger partial charge in [0.2, 0.25) is 0 Å². The molecule has 0 radical (unpaired) electrons. The molecule has 0 aromatic rings. The predicted molar refractivity (Wildman–Crippen MR) is 76.3 cm³/mol. The van der Waals surface area contributed by atoms with Gasteiger partial charge in [0, 0.05) is 18.6 Å². The summed E-state index contributed by atoms with van der Waals surface area (Å²) >= 11 is 0. The second-order valence-electron chi connectivity index (χ2n) is 6.10. The molecule has 1 aliphatic rings. The minimum absolute atomic E-state index is 0.00801. The Labute approximate surface area is 113 Å². The van der Waals surface area contributed by atoms with Crippen molar-refractivity contribution in [3.63, 3.8) is 0 Å². The Morgan fingerprint density at radius 3 is 2.56 bits per heavy atom. The van der Waals surface area contributed by atoms with Crippen LogP contribution in [0.1, 0.15) is 52.9 Å². The Kier molecular flexibility index (Phi) is 6.67. The van der Waals surface area contributed by atoms with Crippen molar-refractivity contribution in [1.82, 2.24) is 10.2 Å². The number of nitriles is 1. The van der Waals surface area contributed by atoms with E-state index in [1.807, 2.05) is 0 Å². The fourth-order valence-corrected chi connectivity index (χ4v) is 3.04. The predicted octanol–water partition coefficient (Wildman–Crippen LogP) is 2.78. The van der Waals surface area contributed by atoms with E-state index >= 15 is 0 Å². The standard InChI is InChI=1S/C15H29N3/c1-12(2)17-14(11-16)9-10-18(4)15-8-6-5-7-13(15)3/h12-15,17H,5-10H2,1-4H3. The molecule has 0 aromatic carbocycles. The van der Waals surface area contributed by atoms with E-state index in [4.69, 9.17) is 5.26 Å². The molecule has 0 aromatic heterocycles. The SMILES string of the molecule is CC(C)NC(C#N)CCN(C)C1CCCCC1C. The average Bonchev–Trinajstić information content (AvgIpc) is 2.34. The van der Waals surface area contributed by atoms with Gasteiger partial charge >= 0.3 is 0 Å². The van der Waals surface area contributed by atoms with Crippen molar-refractivity contribution in [2.45, 2.75) is 71.0 Å². The summed E-state index contributed by atoms with van der Waals surface area (Å²) in [5.74, 6) is 0.808. The van der Waals surface area contributed by atoms with Crippen molar-refractivity contribution in [2.75, 3.05) is 13.6 Å². The fourth-order valence-electron chi connectivity index (χ4n) is 3.04. The summed E-state index contributed by atoms with van der Waals surface area (Å²) in [6, 6.07) is 3.46. The van der Waals surface area contributed by atoms with Gasteiger partial charge in [-0.3, -0.25) is 5.32 Å². The molecular weight excluding hydrogens is 222 g/mol. The van der Waals surface area contributed by atoms with Crippen molar-refractivity contribution in [1.29, 1.82) is 5.26 Å². The van der Waals surface area contributed by atoms with Crippen LogP contribution in [0.3, 0.4) is 0 Å².